The normalized spacial score (nSPS) is 11.1. The highest BCUT2D eigenvalue weighted by molar-refractivity contribution is 7.19. The summed E-state index contributed by atoms with van der Waals surface area (Å²) >= 11 is 1.34. The third-order valence-corrected chi connectivity index (χ3v) is 5.50. The summed E-state index contributed by atoms with van der Waals surface area (Å²) in [5.74, 6) is -0.734. The van der Waals surface area contributed by atoms with E-state index in [2.05, 4.69) is 15.4 Å². The summed E-state index contributed by atoms with van der Waals surface area (Å²) in [6.07, 6.45) is 0. The Morgan fingerprint density at radius 2 is 1.77 bits per heavy atom. The number of rotatable bonds is 4. The second-order valence-electron chi connectivity index (χ2n) is 7.15. The molecule has 0 saturated carbocycles. The number of aryl methyl sites for hydroxylation is 3. The Bertz CT molecular complexity index is 1310. The van der Waals surface area contributed by atoms with Crippen molar-refractivity contribution >= 4 is 33.1 Å². The topological polar surface area (TPSA) is 76.9 Å². The lowest BCUT2D eigenvalue weighted by atomic mass is 10.1. The van der Waals surface area contributed by atoms with Crippen LogP contribution in [0.1, 0.15) is 16.1 Å². The number of carbonyl (C=O) groups excluding carboxylic acids is 1. The number of nitrogens with zero attached hydrogens (tertiary/aromatic N) is 3. The van der Waals surface area contributed by atoms with E-state index >= 15 is 0 Å². The van der Waals surface area contributed by atoms with Crippen LogP contribution in [-0.2, 0) is 11.3 Å². The molecule has 152 valence electrons. The Balaban J connectivity index is 1.73. The first kappa shape index (κ1) is 19.9. The second kappa shape index (κ2) is 7.79. The maximum Gasteiger partial charge on any atom is 0.294 e. The molecule has 1 N–H and O–H groups in total. The van der Waals surface area contributed by atoms with E-state index in [1.807, 2.05) is 32.0 Å². The highest BCUT2D eigenvalue weighted by Gasteiger charge is 2.18. The summed E-state index contributed by atoms with van der Waals surface area (Å²) in [5, 5.41) is 7.95. The number of hydrogen-bond acceptors (Lipinski definition) is 5. The Kier molecular flexibility index (Phi) is 5.17. The van der Waals surface area contributed by atoms with Crippen molar-refractivity contribution in [3.05, 3.63) is 74.8 Å². The zero-order valence-corrected chi connectivity index (χ0v) is 17.5. The summed E-state index contributed by atoms with van der Waals surface area (Å²) in [6, 6.07) is 11.6. The number of aromatic nitrogens is 3. The van der Waals surface area contributed by atoms with Crippen LogP contribution in [0.15, 0.2) is 47.3 Å². The molecule has 0 bridgehead atoms. The van der Waals surface area contributed by atoms with Gasteiger partial charge in [0.05, 0.1) is 9.71 Å². The minimum absolute atomic E-state index is 0.256. The van der Waals surface area contributed by atoms with Gasteiger partial charge in [-0.05, 0) is 68.3 Å². The molecule has 2 heterocycles. The molecule has 2 aromatic carbocycles. The van der Waals surface area contributed by atoms with Crippen molar-refractivity contribution in [1.82, 2.24) is 14.8 Å². The number of carbonyl (C=O) groups is 1. The lowest BCUT2D eigenvalue weighted by molar-refractivity contribution is -0.117. The molecule has 30 heavy (non-hydrogen) atoms. The molecule has 6 nitrogen and oxygen atoms in total. The monoisotopic (exact) mass is 422 g/mol. The number of halogens is 1. The predicted molar refractivity (Wildman–Crippen MR) is 116 cm³/mol. The molecular formula is C22H19FN4O2S. The van der Waals surface area contributed by atoms with Crippen LogP contribution in [0, 0.1) is 26.6 Å². The molecule has 0 unspecified atom stereocenters. The molecule has 0 spiro atoms. The van der Waals surface area contributed by atoms with Crippen LogP contribution >= 0.6 is 11.3 Å². The minimum atomic E-state index is -0.434. The fourth-order valence-corrected chi connectivity index (χ4v) is 4.27. The SMILES string of the molecule is Cc1cc(C)cc(NC(=O)Cn2nc(-c3ccc(F)cc3)c3sc(C)nc3c2=O)c1. The summed E-state index contributed by atoms with van der Waals surface area (Å²) in [7, 11) is 0. The molecule has 0 fully saturated rings. The van der Waals surface area contributed by atoms with Gasteiger partial charge in [0.25, 0.3) is 5.56 Å². The van der Waals surface area contributed by atoms with Gasteiger partial charge in [-0.2, -0.15) is 5.10 Å². The van der Waals surface area contributed by atoms with Gasteiger partial charge in [-0.25, -0.2) is 14.1 Å². The number of anilines is 1. The number of hydrogen-bond donors (Lipinski definition) is 1. The molecule has 2 aromatic heterocycles. The van der Waals surface area contributed by atoms with Crippen LogP contribution in [0.4, 0.5) is 10.1 Å². The van der Waals surface area contributed by atoms with Gasteiger partial charge in [0.15, 0.2) is 5.52 Å². The quantitative estimate of drug-likeness (QED) is 0.534. The second-order valence-corrected chi connectivity index (χ2v) is 8.36. The molecule has 0 aliphatic rings. The minimum Gasteiger partial charge on any atom is -0.324 e. The molecule has 0 saturated heterocycles. The first-order valence-electron chi connectivity index (χ1n) is 9.32. The Morgan fingerprint density at radius 3 is 2.43 bits per heavy atom. The fraction of sp³-hybridized carbons (Fsp3) is 0.182. The lowest BCUT2D eigenvalue weighted by Gasteiger charge is -2.10. The summed E-state index contributed by atoms with van der Waals surface area (Å²) in [4.78, 5) is 29.8. The van der Waals surface area contributed by atoms with Crippen LogP contribution in [0.25, 0.3) is 21.5 Å². The number of fused-ring (bicyclic) bond motifs is 1. The van der Waals surface area contributed by atoms with Gasteiger partial charge in [0.1, 0.15) is 18.1 Å². The smallest absolute Gasteiger partial charge is 0.294 e. The fourth-order valence-electron chi connectivity index (χ4n) is 3.35. The zero-order valence-electron chi connectivity index (χ0n) is 16.7. The summed E-state index contributed by atoms with van der Waals surface area (Å²) < 4.78 is 15.1. The van der Waals surface area contributed by atoms with E-state index in [1.54, 1.807) is 19.1 Å². The van der Waals surface area contributed by atoms with Crippen molar-refractivity contribution in [2.45, 2.75) is 27.3 Å². The van der Waals surface area contributed by atoms with Crippen LogP contribution in [0.2, 0.25) is 0 Å². The van der Waals surface area contributed by atoms with Crippen molar-refractivity contribution in [2.75, 3.05) is 5.32 Å². The van der Waals surface area contributed by atoms with Crippen molar-refractivity contribution in [3.63, 3.8) is 0 Å². The summed E-state index contributed by atoms with van der Waals surface area (Å²) in [5.41, 5.74) is 3.68. The van der Waals surface area contributed by atoms with E-state index in [9.17, 15) is 14.0 Å². The molecule has 0 aliphatic heterocycles. The van der Waals surface area contributed by atoms with Gasteiger partial charge in [-0.1, -0.05) is 6.07 Å². The third kappa shape index (κ3) is 3.99. The van der Waals surface area contributed by atoms with Crippen molar-refractivity contribution in [2.24, 2.45) is 0 Å². The van der Waals surface area contributed by atoms with Gasteiger partial charge in [-0.3, -0.25) is 9.59 Å². The molecule has 0 atom stereocenters. The van der Waals surface area contributed by atoms with Gasteiger partial charge >= 0.3 is 0 Å². The summed E-state index contributed by atoms with van der Waals surface area (Å²) in [6.45, 7) is 5.44. The number of thiazole rings is 1. The molecule has 8 heteroatoms. The third-order valence-electron chi connectivity index (χ3n) is 4.52. The highest BCUT2D eigenvalue weighted by atomic mass is 32.1. The maximum atomic E-state index is 13.4. The Morgan fingerprint density at radius 1 is 1.10 bits per heavy atom. The van der Waals surface area contributed by atoms with Gasteiger partial charge in [0, 0.05) is 11.3 Å². The van der Waals surface area contributed by atoms with E-state index < -0.39 is 5.56 Å². The van der Waals surface area contributed by atoms with Gasteiger partial charge < -0.3 is 5.32 Å². The van der Waals surface area contributed by atoms with Gasteiger partial charge in [0.2, 0.25) is 5.91 Å². The van der Waals surface area contributed by atoms with Crippen LogP contribution in [0.5, 0.6) is 0 Å². The number of nitrogens with one attached hydrogen (secondary N) is 1. The Labute approximate surface area is 176 Å². The molecule has 0 radical (unpaired) electrons. The number of benzene rings is 2. The molecule has 4 aromatic rings. The Hall–Kier alpha value is -3.39. The highest BCUT2D eigenvalue weighted by Crippen LogP contribution is 2.29. The van der Waals surface area contributed by atoms with E-state index in [0.29, 0.717) is 26.7 Å². The molecule has 0 aliphatic carbocycles. The van der Waals surface area contributed by atoms with Crippen LogP contribution in [-0.4, -0.2) is 20.7 Å². The van der Waals surface area contributed by atoms with Crippen molar-refractivity contribution in [1.29, 1.82) is 0 Å². The van der Waals surface area contributed by atoms with Crippen molar-refractivity contribution in [3.8, 4) is 11.3 Å². The maximum absolute atomic E-state index is 13.4. The largest absolute Gasteiger partial charge is 0.324 e. The van der Waals surface area contributed by atoms with Crippen LogP contribution in [0.3, 0.4) is 0 Å². The van der Waals surface area contributed by atoms with E-state index in [1.165, 1.54) is 23.5 Å². The van der Waals surface area contributed by atoms with E-state index in [4.69, 9.17) is 0 Å². The average molecular weight is 422 g/mol. The van der Waals surface area contributed by atoms with E-state index in [-0.39, 0.29) is 23.8 Å². The first-order valence-corrected chi connectivity index (χ1v) is 10.1. The number of amides is 1. The average Bonchev–Trinajstić information content (AvgIpc) is 3.06. The molecule has 4 rings (SSSR count). The zero-order chi connectivity index (χ0) is 21.4. The predicted octanol–water partition coefficient (Wildman–Crippen LogP) is 4.22. The molecular weight excluding hydrogens is 403 g/mol. The molecule has 1 amide bonds. The van der Waals surface area contributed by atoms with Crippen molar-refractivity contribution < 1.29 is 9.18 Å². The van der Waals surface area contributed by atoms with Crippen LogP contribution < -0.4 is 10.9 Å². The standard InChI is InChI=1S/C22H19FN4O2S/c1-12-8-13(2)10-17(9-12)25-18(28)11-27-22(29)20-21(30-14(3)24-20)19(26-27)15-4-6-16(23)7-5-15/h4-10H,11H2,1-3H3,(H,25,28). The first-order chi connectivity index (χ1) is 14.3. The lowest BCUT2D eigenvalue weighted by Crippen LogP contribution is -2.30. The van der Waals surface area contributed by atoms with E-state index in [0.717, 1.165) is 15.8 Å². The van der Waals surface area contributed by atoms with Gasteiger partial charge in [-0.15, -0.1) is 11.3 Å².